The first-order valence-corrected chi connectivity index (χ1v) is 7.35. The van der Waals surface area contributed by atoms with Crippen LogP contribution in [0.2, 0.25) is 0 Å². The van der Waals surface area contributed by atoms with Crippen LogP contribution in [0.25, 0.3) is 0 Å². The number of unbranched alkanes of at least 4 members (excludes halogenated alkanes) is 2. The van der Waals surface area contributed by atoms with Crippen molar-refractivity contribution in [2.75, 3.05) is 33.4 Å². The Kier molecular flexibility index (Phi) is 7.82. The van der Waals surface area contributed by atoms with Gasteiger partial charge in [0.2, 0.25) is 0 Å². The zero-order valence-corrected chi connectivity index (χ0v) is 12.2. The number of carbonyl (C=O) groups excluding carboxylic acids is 1. The molecule has 2 amide bonds. The molecule has 0 aromatic rings. The first-order chi connectivity index (χ1) is 9.15. The van der Waals surface area contributed by atoms with Crippen molar-refractivity contribution in [2.24, 2.45) is 5.92 Å². The summed E-state index contributed by atoms with van der Waals surface area (Å²) in [5, 5.41) is 12.6. The number of aliphatic hydroxyl groups is 1. The molecule has 0 radical (unpaired) electrons. The molecule has 1 aliphatic rings. The minimum absolute atomic E-state index is 0.0112. The summed E-state index contributed by atoms with van der Waals surface area (Å²) in [6.45, 7) is 4.79. The number of methoxy groups -OCH3 is 1. The molecule has 2 N–H and O–H groups in total. The van der Waals surface area contributed by atoms with Gasteiger partial charge < -0.3 is 20.1 Å². The van der Waals surface area contributed by atoms with Gasteiger partial charge in [-0.25, -0.2) is 4.79 Å². The Morgan fingerprint density at radius 2 is 2.26 bits per heavy atom. The van der Waals surface area contributed by atoms with Crippen LogP contribution in [0.15, 0.2) is 0 Å². The fourth-order valence-electron chi connectivity index (χ4n) is 2.44. The molecular formula is C14H28N2O3. The molecule has 1 saturated heterocycles. The SMILES string of the molecule is COCCCCCNC(=O)N1CCCC(C(C)O)C1. The van der Waals surface area contributed by atoms with Crippen LogP contribution in [0, 0.1) is 5.92 Å². The summed E-state index contributed by atoms with van der Waals surface area (Å²) in [7, 11) is 1.71. The smallest absolute Gasteiger partial charge is 0.317 e. The van der Waals surface area contributed by atoms with E-state index in [1.165, 1.54) is 0 Å². The average molecular weight is 272 g/mol. The lowest BCUT2D eigenvalue weighted by atomic mass is 9.94. The third kappa shape index (κ3) is 6.25. The molecule has 1 aliphatic heterocycles. The van der Waals surface area contributed by atoms with Crippen molar-refractivity contribution in [3.8, 4) is 0 Å². The summed E-state index contributed by atoms with van der Waals surface area (Å²) in [6, 6.07) is 0.0112. The molecule has 0 aromatic carbocycles. The zero-order chi connectivity index (χ0) is 14.1. The van der Waals surface area contributed by atoms with Gasteiger partial charge >= 0.3 is 6.03 Å². The van der Waals surface area contributed by atoms with Crippen LogP contribution in [-0.2, 0) is 4.74 Å². The number of urea groups is 1. The molecule has 5 nitrogen and oxygen atoms in total. The fraction of sp³-hybridized carbons (Fsp3) is 0.929. The van der Waals surface area contributed by atoms with Crippen molar-refractivity contribution in [2.45, 2.75) is 45.1 Å². The monoisotopic (exact) mass is 272 g/mol. The third-order valence-electron chi connectivity index (χ3n) is 3.73. The van der Waals surface area contributed by atoms with Crippen molar-refractivity contribution in [1.82, 2.24) is 10.2 Å². The predicted octanol–water partition coefficient (Wildman–Crippen LogP) is 1.61. The Bertz CT molecular complexity index is 259. The van der Waals surface area contributed by atoms with Gasteiger partial charge in [0, 0.05) is 39.3 Å². The highest BCUT2D eigenvalue weighted by Crippen LogP contribution is 2.19. The zero-order valence-electron chi connectivity index (χ0n) is 12.2. The second-order valence-corrected chi connectivity index (χ2v) is 5.37. The second-order valence-electron chi connectivity index (χ2n) is 5.37. The normalized spacial score (nSPS) is 21.2. The van der Waals surface area contributed by atoms with Crippen LogP contribution in [0.1, 0.15) is 39.0 Å². The summed E-state index contributed by atoms with van der Waals surface area (Å²) >= 11 is 0. The Morgan fingerprint density at radius 3 is 2.95 bits per heavy atom. The van der Waals surface area contributed by atoms with Gasteiger partial charge in [-0.1, -0.05) is 0 Å². The van der Waals surface area contributed by atoms with Crippen LogP contribution in [0.4, 0.5) is 4.79 Å². The number of nitrogens with zero attached hydrogens (tertiary/aromatic N) is 1. The Labute approximate surface area is 116 Å². The van der Waals surface area contributed by atoms with Gasteiger partial charge in [-0.05, 0) is 39.0 Å². The minimum Gasteiger partial charge on any atom is -0.393 e. The molecule has 112 valence electrons. The molecule has 0 spiro atoms. The number of aliphatic hydroxyl groups excluding tert-OH is 1. The van der Waals surface area contributed by atoms with Crippen LogP contribution in [-0.4, -0.2) is 55.5 Å². The maximum Gasteiger partial charge on any atom is 0.317 e. The quantitative estimate of drug-likeness (QED) is 0.692. The van der Waals surface area contributed by atoms with Gasteiger partial charge in [0.25, 0.3) is 0 Å². The summed E-state index contributed by atoms with van der Waals surface area (Å²) in [6.07, 6.45) is 4.77. The molecule has 5 heteroatoms. The van der Waals surface area contributed by atoms with Gasteiger partial charge in [0.1, 0.15) is 0 Å². The number of piperidine rings is 1. The molecule has 0 aromatic heterocycles. The highest BCUT2D eigenvalue weighted by atomic mass is 16.5. The topological polar surface area (TPSA) is 61.8 Å². The summed E-state index contributed by atoms with van der Waals surface area (Å²) in [4.78, 5) is 13.8. The summed E-state index contributed by atoms with van der Waals surface area (Å²) in [5.41, 5.74) is 0. The molecule has 19 heavy (non-hydrogen) atoms. The van der Waals surface area contributed by atoms with Gasteiger partial charge in [-0.3, -0.25) is 0 Å². The highest BCUT2D eigenvalue weighted by molar-refractivity contribution is 5.74. The van der Waals surface area contributed by atoms with Gasteiger partial charge in [-0.15, -0.1) is 0 Å². The lowest BCUT2D eigenvalue weighted by molar-refractivity contribution is 0.0739. The van der Waals surface area contributed by atoms with Crippen LogP contribution in [0.3, 0.4) is 0 Å². The van der Waals surface area contributed by atoms with Crippen LogP contribution in [0.5, 0.6) is 0 Å². The standard InChI is InChI=1S/C14H28N2O3/c1-12(17)13-7-6-9-16(11-13)14(18)15-8-4-3-5-10-19-2/h12-13,17H,3-11H2,1-2H3,(H,15,18). The van der Waals surface area contributed by atoms with Gasteiger partial charge in [0.15, 0.2) is 0 Å². The van der Waals surface area contributed by atoms with Gasteiger partial charge in [-0.2, -0.15) is 0 Å². The number of rotatable bonds is 7. The Balaban J connectivity index is 2.14. The highest BCUT2D eigenvalue weighted by Gasteiger charge is 2.26. The maximum atomic E-state index is 12.0. The van der Waals surface area contributed by atoms with Crippen molar-refractivity contribution in [1.29, 1.82) is 0 Å². The third-order valence-corrected chi connectivity index (χ3v) is 3.73. The fourth-order valence-corrected chi connectivity index (χ4v) is 2.44. The number of hydrogen-bond acceptors (Lipinski definition) is 3. The first-order valence-electron chi connectivity index (χ1n) is 7.35. The first kappa shape index (κ1) is 16.2. The molecule has 0 aliphatic carbocycles. The molecule has 0 bridgehead atoms. The van der Waals surface area contributed by atoms with Crippen molar-refractivity contribution < 1.29 is 14.6 Å². The van der Waals surface area contributed by atoms with Crippen molar-refractivity contribution in [3.05, 3.63) is 0 Å². The average Bonchev–Trinajstić information content (AvgIpc) is 2.42. The van der Waals surface area contributed by atoms with Crippen LogP contribution < -0.4 is 5.32 Å². The van der Waals surface area contributed by atoms with Crippen LogP contribution >= 0.6 is 0 Å². The molecule has 0 saturated carbocycles. The summed E-state index contributed by atoms with van der Waals surface area (Å²) in [5.74, 6) is 0.223. The second kappa shape index (κ2) is 9.15. The molecule has 1 heterocycles. The molecule has 2 unspecified atom stereocenters. The minimum atomic E-state index is -0.329. The molecular weight excluding hydrogens is 244 g/mol. The lowest BCUT2D eigenvalue weighted by Gasteiger charge is -2.34. The van der Waals surface area contributed by atoms with E-state index < -0.39 is 0 Å². The van der Waals surface area contributed by atoms with E-state index in [9.17, 15) is 9.90 Å². The maximum absolute atomic E-state index is 12.0. The predicted molar refractivity (Wildman–Crippen MR) is 75.1 cm³/mol. The number of carbonyl (C=O) groups is 1. The lowest BCUT2D eigenvalue weighted by Crippen LogP contribution is -2.47. The van der Waals surface area contributed by atoms with Crippen molar-refractivity contribution >= 4 is 6.03 Å². The number of ether oxygens (including phenoxy) is 1. The van der Waals surface area contributed by atoms with E-state index >= 15 is 0 Å². The van der Waals surface area contributed by atoms with Gasteiger partial charge in [0.05, 0.1) is 6.10 Å². The molecule has 2 atom stereocenters. The Morgan fingerprint density at radius 1 is 1.47 bits per heavy atom. The molecule has 1 rings (SSSR count). The van der Waals surface area contributed by atoms with E-state index in [4.69, 9.17) is 4.74 Å². The van der Waals surface area contributed by atoms with E-state index in [1.54, 1.807) is 7.11 Å². The number of amides is 2. The van der Waals surface area contributed by atoms with E-state index in [0.717, 1.165) is 51.8 Å². The number of nitrogens with one attached hydrogen (secondary N) is 1. The number of hydrogen-bond donors (Lipinski definition) is 2. The van der Waals surface area contributed by atoms with E-state index in [1.807, 2.05) is 11.8 Å². The van der Waals surface area contributed by atoms with E-state index in [-0.39, 0.29) is 18.1 Å². The number of likely N-dealkylation sites (tertiary alicyclic amines) is 1. The summed E-state index contributed by atoms with van der Waals surface area (Å²) < 4.78 is 4.98. The molecule has 1 fully saturated rings. The Hall–Kier alpha value is -0.810. The van der Waals surface area contributed by atoms with E-state index in [2.05, 4.69) is 5.32 Å². The van der Waals surface area contributed by atoms with E-state index in [0.29, 0.717) is 6.54 Å². The van der Waals surface area contributed by atoms with Crippen molar-refractivity contribution in [3.63, 3.8) is 0 Å². The largest absolute Gasteiger partial charge is 0.393 e.